The number of benzene rings is 3. The molecular weight excluding hydrogens is 492 g/mol. The van der Waals surface area contributed by atoms with E-state index >= 15 is 0 Å². The fourth-order valence-electron chi connectivity index (χ4n) is 4.11. The van der Waals surface area contributed by atoms with E-state index in [0.29, 0.717) is 0 Å². The fourth-order valence-corrected chi connectivity index (χ4v) is 5.33. The third-order valence-corrected chi connectivity index (χ3v) is 7.13. The van der Waals surface area contributed by atoms with Crippen molar-refractivity contribution in [2.75, 3.05) is 4.90 Å². The summed E-state index contributed by atoms with van der Waals surface area (Å²) < 4.78 is 0. The second-order valence-electron chi connectivity index (χ2n) is 8.31. The predicted octanol–water partition coefficient (Wildman–Crippen LogP) is 3.54. The van der Waals surface area contributed by atoms with Crippen molar-refractivity contribution < 1.29 is 24.6 Å². The fraction of sp³-hybridized carbons (Fsp3) is 0.0741. The van der Waals surface area contributed by atoms with E-state index in [1.165, 1.54) is 18.3 Å². The second-order valence-corrected chi connectivity index (χ2v) is 9.49. The number of aliphatic hydroxyl groups excluding tert-OH is 1. The minimum atomic E-state index is -2.07. The number of nitrogens with one attached hydrogen (secondary N) is 1. The average molecular weight is 513 g/mol. The first-order chi connectivity index (χ1) is 17.8. The standard InChI is InChI=1S/C27H20N4O5S/c1-16-11-13-18(14-12-16)22(33)21-23(34)24(35)31(19-9-5-6-10-20(19)32)27(21)25(36)29-26(37-27)30-28-15-17-7-3-2-4-8-17/h2-15,32-33H,1H3,(H,29,30,36)/b22-21-,28-15?. The van der Waals surface area contributed by atoms with Crippen molar-refractivity contribution in [3.8, 4) is 5.75 Å². The minimum Gasteiger partial charge on any atom is -0.507 e. The van der Waals surface area contributed by atoms with Crippen LogP contribution in [0.15, 0.2) is 94.6 Å². The number of ketones is 1. The molecule has 0 bridgehead atoms. The lowest BCUT2D eigenvalue weighted by molar-refractivity contribution is -0.132. The minimum absolute atomic E-state index is 0.00862. The number of aryl methyl sites for hydroxylation is 1. The summed E-state index contributed by atoms with van der Waals surface area (Å²) >= 11 is 0.748. The molecular formula is C27H20N4O5S. The van der Waals surface area contributed by atoms with Gasteiger partial charge in [0.25, 0.3) is 11.7 Å². The summed E-state index contributed by atoms with van der Waals surface area (Å²) in [5, 5.41) is 32.4. The van der Waals surface area contributed by atoms with E-state index in [1.807, 2.05) is 37.3 Å². The van der Waals surface area contributed by atoms with Crippen LogP contribution in [0, 0.1) is 6.92 Å². The van der Waals surface area contributed by atoms with Crippen LogP contribution in [0.25, 0.3) is 5.76 Å². The van der Waals surface area contributed by atoms with Crippen LogP contribution in [-0.2, 0) is 14.4 Å². The lowest BCUT2D eigenvalue weighted by Crippen LogP contribution is -2.50. The lowest BCUT2D eigenvalue weighted by atomic mass is 9.99. The van der Waals surface area contributed by atoms with Crippen LogP contribution < -0.4 is 10.2 Å². The van der Waals surface area contributed by atoms with Gasteiger partial charge in [0.1, 0.15) is 11.5 Å². The summed E-state index contributed by atoms with van der Waals surface area (Å²) in [6.07, 6.45) is 1.48. The Morgan fingerprint density at radius 2 is 1.65 bits per heavy atom. The second kappa shape index (κ2) is 9.40. The van der Waals surface area contributed by atoms with E-state index in [-0.39, 0.29) is 22.2 Å². The Morgan fingerprint density at radius 3 is 2.35 bits per heavy atom. The van der Waals surface area contributed by atoms with E-state index in [1.54, 1.807) is 36.4 Å². The van der Waals surface area contributed by atoms with Gasteiger partial charge < -0.3 is 15.5 Å². The lowest BCUT2D eigenvalue weighted by Gasteiger charge is -2.31. The van der Waals surface area contributed by atoms with Crippen LogP contribution >= 0.6 is 11.8 Å². The van der Waals surface area contributed by atoms with Gasteiger partial charge in [-0.05, 0) is 36.4 Å². The van der Waals surface area contributed by atoms with Crippen molar-refractivity contribution in [1.29, 1.82) is 0 Å². The van der Waals surface area contributed by atoms with Crippen molar-refractivity contribution >= 4 is 52.2 Å². The Kier molecular flexibility index (Phi) is 6.10. The van der Waals surface area contributed by atoms with Crippen molar-refractivity contribution in [2.45, 2.75) is 11.8 Å². The molecule has 0 saturated carbocycles. The molecule has 9 nitrogen and oxygen atoms in total. The van der Waals surface area contributed by atoms with Crippen LogP contribution in [0.4, 0.5) is 5.69 Å². The zero-order chi connectivity index (χ0) is 26.2. The van der Waals surface area contributed by atoms with E-state index in [2.05, 4.69) is 15.5 Å². The van der Waals surface area contributed by atoms with Crippen molar-refractivity contribution in [3.05, 3.63) is 101 Å². The number of Topliss-reactive ketones (excluding diaryl/α,β-unsaturated/α-hetero) is 1. The number of thioether (sulfide) groups is 1. The maximum Gasteiger partial charge on any atom is 0.301 e. The summed E-state index contributed by atoms with van der Waals surface area (Å²) in [5.41, 5.74) is 1.45. The number of hydrogen-bond donors (Lipinski definition) is 3. The van der Waals surface area contributed by atoms with Gasteiger partial charge in [0.2, 0.25) is 4.87 Å². The topological polar surface area (TPSA) is 132 Å². The monoisotopic (exact) mass is 512 g/mol. The molecule has 2 heterocycles. The molecule has 2 aliphatic heterocycles. The van der Waals surface area contributed by atoms with E-state index in [9.17, 15) is 24.6 Å². The highest BCUT2D eigenvalue weighted by atomic mass is 32.2. The summed E-state index contributed by atoms with van der Waals surface area (Å²) in [6, 6.07) is 21.6. The molecule has 5 rings (SSSR count). The number of phenols is 1. The number of amides is 2. The number of anilines is 1. The van der Waals surface area contributed by atoms with Crippen molar-refractivity contribution in [3.63, 3.8) is 0 Å². The Labute approximate surface area is 215 Å². The third kappa shape index (κ3) is 4.07. The van der Waals surface area contributed by atoms with E-state index in [0.717, 1.165) is 27.8 Å². The van der Waals surface area contributed by atoms with Crippen molar-refractivity contribution in [1.82, 2.24) is 5.32 Å². The molecule has 10 heteroatoms. The van der Waals surface area contributed by atoms with Gasteiger partial charge in [-0.3, -0.25) is 19.3 Å². The Hall–Kier alpha value is -4.70. The first kappa shape index (κ1) is 24.0. The number of rotatable bonds is 4. The smallest absolute Gasteiger partial charge is 0.301 e. The summed E-state index contributed by atoms with van der Waals surface area (Å²) in [6.45, 7) is 1.86. The molecule has 0 aromatic heterocycles. The number of hydrogen-bond acceptors (Lipinski definition) is 8. The molecule has 0 aliphatic carbocycles. The van der Waals surface area contributed by atoms with Gasteiger partial charge in [-0.2, -0.15) is 5.10 Å². The number of aliphatic hydroxyl groups is 1. The molecule has 3 aromatic rings. The van der Waals surface area contributed by atoms with Crippen molar-refractivity contribution in [2.24, 2.45) is 10.2 Å². The molecule has 37 heavy (non-hydrogen) atoms. The van der Waals surface area contributed by atoms with Crippen LogP contribution in [0.3, 0.4) is 0 Å². The first-order valence-electron chi connectivity index (χ1n) is 11.2. The van der Waals surface area contributed by atoms with Gasteiger partial charge >= 0.3 is 5.91 Å². The number of para-hydroxylation sites is 2. The molecule has 1 spiro atoms. The van der Waals surface area contributed by atoms with Gasteiger partial charge in [0.05, 0.1) is 17.5 Å². The van der Waals surface area contributed by atoms with Gasteiger partial charge in [-0.1, -0.05) is 72.3 Å². The highest BCUT2D eigenvalue weighted by Gasteiger charge is 2.66. The molecule has 2 saturated heterocycles. The average Bonchev–Trinajstić information content (AvgIpc) is 3.32. The predicted molar refractivity (Wildman–Crippen MR) is 141 cm³/mol. The van der Waals surface area contributed by atoms with E-state index < -0.39 is 33.8 Å². The van der Waals surface area contributed by atoms with Crippen LogP contribution in [-0.4, -0.2) is 44.1 Å². The van der Waals surface area contributed by atoms with Gasteiger partial charge in [-0.15, -0.1) is 5.10 Å². The van der Waals surface area contributed by atoms with E-state index in [4.69, 9.17) is 0 Å². The third-order valence-electron chi connectivity index (χ3n) is 5.89. The zero-order valence-electron chi connectivity index (χ0n) is 19.5. The van der Waals surface area contributed by atoms with Gasteiger partial charge in [0.15, 0.2) is 5.17 Å². The molecule has 2 amide bonds. The molecule has 1 unspecified atom stereocenters. The number of phenolic OH excluding ortho intramolecular Hbond substituents is 1. The number of aromatic hydroxyl groups is 1. The Balaban J connectivity index is 1.67. The molecule has 184 valence electrons. The van der Waals surface area contributed by atoms with Crippen LogP contribution in [0.2, 0.25) is 0 Å². The summed E-state index contributed by atoms with van der Waals surface area (Å²) in [4.78, 5) is 39.1. The highest BCUT2D eigenvalue weighted by Crippen LogP contribution is 2.51. The molecule has 2 fully saturated rings. The number of carbonyl (C=O) groups excluding carboxylic acids is 3. The summed E-state index contributed by atoms with van der Waals surface area (Å²) in [5.74, 6) is -3.78. The zero-order valence-corrected chi connectivity index (χ0v) is 20.3. The van der Waals surface area contributed by atoms with Crippen LogP contribution in [0.1, 0.15) is 16.7 Å². The number of carbonyl (C=O) groups is 3. The Bertz CT molecular complexity index is 1520. The molecule has 3 N–H and O–H groups in total. The molecule has 1 atom stereocenters. The molecule has 2 aliphatic rings. The highest BCUT2D eigenvalue weighted by molar-refractivity contribution is 8.16. The normalized spacial score (nSPS) is 21.9. The molecule has 0 radical (unpaired) electrons. The summed E-state index contributed by atoms with van der Waals surface area (Å²) in [7, 11) is 0. The van der Waals surface area contributed by atoms with Gasteiger partial charge in [-0.25, -0.2) is 0 Å². The number of amidine groups is 1. The van der Waals surface area contributed by atoms with Gasteiger partial charge in [0, 0.05) is 5.56 Å². The quantitative estimate of drug-likeness (QED) is 0.161. The largest absolute Gasteiger partial charge is 0.507 e. The SMILES string of the molecule is Cc1ccc(/C(O)=C2\C(=O)C(=O)N(c3ccccc3O)C23SC(=NN=Cc2ccccc2)NC3=O)cc1. The first-order valence-corrected chi connectivity index (χ1v) is 12.0. The molecule has 3 aromatic carbocycles. The number of nitrogens with zero attached hydrogens (tertiary/aromatic N) is 3. The Morgan fingerprint density at radius 1 is 0.973 bits per heavy atom. The maximum atomic E-state index is 13.6. The maximum absolute atomic E-state index is 13.6. The van der Waals surface area contributed by atoms with Crippen LogP contribution in [0.5, 0.6) is 5.75 Å².